The molecule has 0 heterocycles. The highest BCUT2D eigenvalue weighted by Gasteiger charge is 2.28. The van der Waals surface area contributed by atoms with Gasteiger partial charge in [-0.15, -0.1) is 0 Å². The maximum atomic E-state index is 13.8. The molecule has 2 N–H and O–H groups in total. The van der Waals surface area contributed by atoms with Crippen LogP contribution in [0.5, 0.6) is 0 Å². The Morgan fingerprint density at radius 3 is 2.31 bits per heavy atom. The summed E-state index contributed by atoms with van der Waals surface area (Å²) in [5.74, 6) is -1.62. The molecule has 0 radical (unpaired) electrons. The van der Waals surface area contributed by atoms with Gasteiger partial charge in [-0.1, -0.05) is 60.7 Å². The Morgan fingerprint density at radius 1 is 1.00 bits per heavy atom. The van der Waals surface area contributed by atoms with Crippen LogP contribution >= 0.6 is 0 Å². The van der Waals surface area contributed by atoms with Gasteiger partial charge in [0, 0.05) is 18.0 Å². The van der Waals surface area contributed by atoms with E-state index in [1.165, 1.54) is 29.3 Å². The third-order valence-electron chi connectivity index (χ3n) is 5.46. The molecule has 3 aromatic carbocycles. The molecule has 1 aliphatic rings. The molecule has 3 aromatic rings. The van der Waals surface area contributed by atoms with Gasteiger partial charge < -0.3 is 15.2 Å². The van der Waals surface area contributed by atoms with E-state index in [0.29, 0.717) is 13.0 Å². The van der Waals surface area contributed by atoms with Gasteiger partial charge in [0.15, 0.2) is 0 Å². The zero-order valence-electron chi connectivity index (χ0n) is 17.3. The number of ether oxygens (including phenoxy) is 1. The van der Waals surface area contributed by atoms with Crippen LogP contribution in [0.1, 0.15) is 39.4 Å². The number of carboxylic acids is 1. The lowest BCUT2D eigenvalue weighted by Crippen LogP contribution is -2.26. The van der Waals surface area contributed by atoms with Gasteiger partial charge in [-0.05, 0) is 46.9 Å². The number of halogens is 1. The van der Waals surface area contributed by atoms with Crippen LogP contribution in [0.25, 0.3) is 17.2 Å². The molecule has 4 rings (SSSR count). The van der Waals surface area contributed by atoms with Crippen LogP contribution < -0.4 is 5.32 Å². The standard InChI is InChI=1S/C26H22FNO4/c27-24-13-12-18(25(29)30)15-17(24)7-5-6-14-28-26(31)32-16-23-21-10-3-1-8-19(21)20-9-2-4-11-22(20)23/h1-5,7-13,15,23H,6,14,16H2,(H,28,31)(H,29,30). The predicted molar refractivity (Wildman–Crippen MR) is 120 cm³/mol. The Bertz CT molecular complexity index is 1140. The van der Waals surface area contributed by atoms with Crippen LogP contribution in [-0.4, -0.2) is 30.3 Å². The van der Waals surface area contributed by atoms with Gasteiger partial charge in [-0.3, -0.25) is 0 Å². The number of rotatable bonds is 7. The van der Waals surface area contributed by atoms with Crippen LogP contribution in [0.15, 0.2) is 72.8 Å². The second-order valence-corrected chi connectivity index (χ2v) is 7.48. The topological polar surface area (TPSA) is 75.6 Å². The molecule has 0 saturated heterocycles. The average molecular weight is 431 g/mol. The van der Waals surface area contributed by atoms with E-state index in [4.69, 9.17) is 9.84 Å². The number of alkyl carbamates (subject to hydrolysis) is 1. The summed E-state index contributed by atoms with van der Waals surface area (Å²) in [5.41, 5.74) is 4.84. The molecule has 5 nitrogen and oxygen atoms in total. The fourth-order valence-corrected chi connectivity index (χ4v) is 3.92. The molecule has 6 heteroatoms. The maximum absolute atomic E-state index is 13.8. The summed E-state index contributed by atoms with van der Waals surface area (Å²) in [6, 6.07) is 19.9. The lowest BCUT2D eigenvalue weighted by Gasteiger charge is -2.14. The van der Waals surface area contributed by atoms with Crippen LogP contribution in [0.3, 0.4) is 0 Å². The lowest BCUT2D eigenvalue weighted by atomic mass is 9.98. The van der Waals surface area contributed by atoms with Crippen molar-refractivity contribution >= 4 is 18.1 Å². The molecule has 162 valence electrons. The SMILES string of the molecule is O=C(NCCC=Cc1cc(C(=O)O)ccc1F)OCC1c2ccccc2-c2ccccc21. The number of benzene rings is 3. The van der Waals surface area contributed by atoms with E-state index in [0.717, 1.165) is 17.2 Å². The van der Waals surface area contributed by atoms with Gasteiger partial charge in [0.1, 0.15) is 12.4 Å². The highest BCUT2D eigenvalue weighted by atomic mass is 19.1. The van der Waals surface area contributed by atoms with Crippen molar-refractivity contribution in [2.75, 3.05) is 13.2 Å². The number of fused-ring (bicyclic) bond motifs is 3. The van der Waals surface area contributed by atoms with Gasteiger partial charge in [-0.2, -0.15) is 0 Å². The fourth-order valence-electron chi connectivity index (χ4n) is 3.92. The van der Waals surface area contributed by atoms with Crippen molar-refractivity contribution in [2.45, 2.75) is 12.3 Å². The molecular formula is C26H22FNO4. The number of aromatic carboxylic acids is 1. The third-order valence-corrected chi connectivity index (χ3v) is 5.46. The molecule has 1 aliphatic carbocycles. The van der Waals surface area contributed by atoms with E-state index < -0.39 is 17.9 Å². The summed E-state index contributed by atoms with van der Waals surface area (Å²) in [7, 11) is 0. The highest BCUT2D eigenvalue weighted by molar-refractivity contribution is 5.88. The molecule has 1 amide bonds. The van der Waals surface area contributed by atoms with E-state index in [1.54, 1.807) is 6.08 Å². The fraction of sp³-hybridized carbons (Fsp3) is 0.154. The minimum Gasteiger partial charge on any atom is -0.478 e. The third kappa shape index (κ3) is 4.54. The van der Waals surface area contributed by atoms with Crippen molar-refractivity contribution in [3.05, 3.63) is 101 Å². The molecule has 0 saturated carbocycles. The van der Waals surface area contributed by atoms with Gasteiger partial charge >= 0.3 is 12.1 Å². The van der Waals surface area contributed by atoms with Crippen LogP contribution in [-0.2, 0) is 4.74 Å². The van der Waals surface area contributed by atoms with Crippen molar-refractivity contribution in [3.63, 3.8) is 0 Å². The molecule has 0 unspecified atom stereocenters. The van der Waals surface area contributed by atoms with Gasteiger partial charge in [0.25, 0.3) is 0 Å². The van der Waals surface area contributed by atoms with E-state index in [9.17, 15) is 14.0 Å². The van der Waals surface area contributed by atoms with Crippen molar-refractivity contribution in [3.8, 4) is 11.1 Å². The number of hydrogen-bond donors (Lipinski definition) is 2. The molecule has 32 heavy (non-hydrogen) atoms. The van der Waals surface area contributed by atoms with Crippen molar-refractivity contribution in [1.29, 1.82) is 0 Å². The van der Waals surface area contributed by atoms with Crippen LogP contribution in [0, 0.1) is 5.82 Å². The van der Waals surface area contributed by atoms with Gasteiger partial charge in [0.05, 0.1) is 5.56 Å². The second-order valence-electron chi connectivity index (χ2n) is 7.48. The first-order valence-corrected chi connectivity index (χ1v) is 10.3. The maximum Gasteiger partial charge on any atom is 0.407 e. The highest BCUT2D eigenvalue weighted by Crippen LogP contribution is 2.44. The van der Waals surface area contributed by atoms with Crippen LogP contribution in [0.4, 0.5) is 9.18 Å². The van der Waals surface area contributed by atoms with E-state index in [2.05, 4.69) is 29.6 Å². The Labute approximate surface area is 185 Å². The Kier molecular flexibility index (Phi) is 6.31. The Morgan fingerprint density at radius 2 is 1.66 bits per heavy atom. The first-order chi connectivity index (χ1) is 15.5. The number of carbonyl (C=O) groups excluding carboxylic acids is 1. The van der Waals surface area contributed by atoms with Crippen LogP contribution in [0.2, 0.25) is 0 Å². The van der Waals surface area contributed by atoms with Gasteiger partial charge in [-0.25, -0.2) is 14.0 Å². The normalized spacial score (nSPS) is 12.4. The molecule has 0 aliphatic heterocycles. The molecule has 0 atom stereocenters. The minimum atomic E-state index is -1.11. The summed E-state index contributed by atoms with van der Waals surface area (Å²) >= 11 is 0. The Hall–Kier alpha value is -3.93. The van der Waals surface area contributed by atoms with Crippen molar-refractivity contribution in [2.24, 2.45) is 0 Å². The second kappa shape index (κ2) is 9.47. The van der Waals surface area contributed by atoms with E-state index >= 15 is 0 Å². The van der Waals surface area contributed by atoms with Crippen molar-refractivity contribution in [1.82, 2.24) is 5.32 Å². The minimum absolute atomic E-state index is 0.00228. The number of hydrogen-bond acceptors (Lipinski definition) is 3. The van der Waals surface area contributed by atoms with Crippen molar-refractivity contribution < 1.29 is 23.8 Å². The van der Waals surface area contributed by atoms with E-state index in [-0.39, 0.29) is 23.7 Å². The summed E-state index contributed by atoms with van der Waals surface area (Å²) in [6.07, 6.45) is 3.11. The predicted octanol–water partition coefficient (Wildman–Crippen LogP) is 5.47. The largest absolute Gasteiger partial charge is 0.478 e. The number of carbonyl (C=O) groups is 2. The average Bonchev–Trinajstić information content (AvgIpc) is 3.12. The summed E-state index contributed by atoms with van der Waals surface area (Å²) < 4.78 is 19.3. The molecule has 0 bridgehead atoms. The zero-order valence-corrected chi connectivity index (χ0v) is 17.3. The summed E-state index contributed by atoms with van der Waals surface area (Å²) in [4.78, 5) is 23.1. The summed E-state index contributed by atoms with van der Waals surface area (Å²) in [5, 5.41) is 11.7. The summed E-state index contributed by atoms with van der Waals surface area (Å²) in [6.45, 7) is 0.552. The quantitative estimate of drug-likeness (QED) is 0.487. The molecular weight excluding hydrogens is 409 g/mol. The molecule has 0 spiro atoms. The Balaban J connectivity index is 1.28. The molecule has 0 fully saturated rings. The zero-order chi connectivity index (χ0) is 22.5. The first kappa shape index (κ1) is 21.3. The monoisotopic (exact) mass is 431 g/mol. The number of nitrogens with one attached hydrogen (secondary N) is 1. The lowest BCUT2D eigenvalue weighted by molar-refractivity contribution is 0.0696. The first-order valence-electron chi connectivity index (χ1n) is 10.3. The smallest absolute Gasteiger partial charge is 0.407 e. The van der Waals surface area contributed by atoms with E-state index in [1.807, 2.05) is 24.3 Å². The van der Waals surface area contributed by atoms with Gasteiger partial charge in [0.2, 0.25) is 0 Å². The number of amides is 1. The molecule has 0 aromatic heterocycles. The number of carboxylic acid groups (broad SMARTS) is 1.